The Morgan fingerprint density at radius 1 is 1.22 bits per heavy atom. The van der Waals surface area contributed by atoms with Crippen molar-refractivity contribution in [2.45, 2.75) is 56.7 Å². The minimum absolute atomic E-state index is 0.125. The lowest BCUT2D eigenvalue weighted by Crippen LogP contribution is -2.50. The van der Waals surface area contributed by atoms with Crippen molar-refractivity contribution >= 4 is 17.2 Å². The van der Waals surface area contributed by atoms with Gasteiger partial charge in [0.15, 0.2) is 0 Å². The molecular weight excluding hydrogens is 453 g/mol. The zero-order valence-electron chi connectivity index (χ0n) is 21.1. The van der Waals surface area contributed by atoms with Crippen LogP contribution in [0.4, 0.5) is 4.39 Å². The van der Waals surface area contributed by atoms with E-state index < -0.39 is 6.04 Å². The minimum atomic E-state index is -0.714. The van der Waals surface area contributed by atoms with Crippen molar-refractivity contribution in [2.24, 2.45) is 5.92 Å². The van der Waals surface area contributed by atoms with E-state index >= 15 is 4.39 Å². The van der Waals surface area contributed by atoms with Crippen molar-refractivity contribution < 1.29 is 9.18 Å². The summed E-state index contributed by atoms with van der Waals surface area (Å²) in [6, 6.07) is 9.88. The standard InChI is InChI=1S/C29H36FN5O/c1-19(35-13-11-34(2)12-14-35)20-3-5-21(6-4-20)22-7-8-23(27(30)17-22)15-26(18-31)33-29(36)28-24-9-10-25(16-24)32-28/h3-6,17,24-26,28,32H,1,7-16H2,2H3,(H,33,36). The molecule has 4 aliphatic rings. The zero-order valence-corrected chi connectivity index (χ0v) is 21.1. The predicted octanol–water partition coefficient (Wildman–Crippen LogP) is 3.84. The number of piperazine rings is 1. The Balaban J connectivity index is 1.20. The lowest BCUT2D eigenvalue weighted by Gasteiger charge is -2.35. The number of amides is 1. The van der Waals surface area contributed by atoms with Gasteiger partial charge in [0, 0.05) is 44.3 Å². The molecule has 2 heterocycles. The number of nitriles is 1. The Labute approximate surface area is 213 Å². The summed E-state index contributed by atoms with van der Waals surface area (Å²) in [6.45, 7) is 8.32. The molecule has 36 heavy (non-hydrogen) atoms. The Hall–Kier alpha value is -2.95. The molecule has 1 aromatic rings. The van der Waals surface area contributed by atoms with Crippen molar-refractivity contribution in [2.75, 3.05) is 33.2 Å². The van der Waals surface area contributed by atoms with Crippen molar-refractivity contribution in [3.05, 3.63) is 59.4 Å². The Kier molecular flexibility index (Phi) is 7.27. The molecule has 7 heteroatoms. The van der Waals surface area contributed by atoms with Gasteiger partial charge in [-0.1, -0.05) is 30.8 Å². The number of benzene rings is 1. The predicted molar refractivity (Wildman–Crippen MR) is 140 cm³/mol. The SMILES string of the molecule is C=C(c1ccc(C2=CC(F)=C(CC(C#N)NC(=O)C3NC4CCC3C4)CC2)cc1)N1CCN(C)CC1. The maximum Gasteiger partial charge on any atom is 0.238 e. The van der Waals surface area contributed by atoms with Gasteiger partial charge in [-0.15, -0.1) is 0 Å². The van der Waals surface area contributed by atoms with E-state index in [1.165, 1.54) is 0 Å². The molecule has 3 fully saturated rings. The van der Waals surface area contributed by atoms with E-state index in [1.807, 2.05) is 12.1 Å². The molecule has 1 saturated carbocycles. The van der Waals surface area contributed by atoms with E-state index in [-0.39, 0.29) is 24.2 Å². The fraction of sp³-hybridized carbons (Fsp3) is 0.517. The number of rotatable bonds is 7. The number of halogens is 1. The summed E-state index contributed by atoms with van der Waals surface area (Å²) in [4.78, 5) is 17.3. The first kappa shape index (κ1) is 24.7. The third kappa shape index (κ3) is 5.25. The highest BCUT2D eigenvalue weighted by Gasteiger charge is 2.43. The van der Waals surface area contributed by atoms with Crippen LogP contribution in [0.3, 0.4) is 0 Å². The van der Waals surface area contributed by atoms with Crippen LogP contribution < -0.4 is 10.6 Å². The third-order valence-corrected chi connectivity index (χ3v) is 8.37. The molecule has 0 aromatic heterocycles. The third-order valence-electron chi connectivity index (χ3n) is 8.37. The van der Waals surface area contributed by atoms with Crippen LogP contribution in [-0.2, 0) is 4.79 Å². The highest BCUT2D eigenvalue weighted by atomic mass is 19.1. The van der Waals surface area contributed by atoms with E-state index in [4.69, 9.17) is 0 Å². The van der Waals surface area contributed by atoms with E-state index in [2.05, 4.69) is 52.3 Å². The molecule has 1 amide bonds. The van der Waals surface area contributed by atoms with E-state index in [1.54, 1.807) is 6.08 Å². The molecule has 2 aliphatic heterocycles. The highest BCUT2D eigenvalue weighted by molar-refractivity contribution is 5.83. The maximum absolute atomic E-state index is 15.1. The highest BCUT2D eigenvalue weighted by Crippen LogP contribution is 2.36. The van der Waals surface area contributed by atoms with E-state index in [0.29, 0.717) is 30.4 Å². The van der Waals surface area contributed by atoms with E-state index in [9.17, 15) is 10.1 Å². The van der Waals surface area contributed by atoms with Gasteiger partial charge in [0.2, 0.25) is 5.91 Å². The normalized spacial score (nSPS) is 27.0. The molecule has 0 spiro atoms. The van der Waals surface area contributed by atoms with Gasteiger partial charge in [-0.3, -0.25) is 4.79 Å². The smallest absolute Gasteiger partial charge is 0.238 e. The number of nitrogens with one attached hydrogen (secondary N) is 2. The van der Waals surface area contributed by atoms with Crippen LogP contribution in [0.25, 0.3) is 11.3 Å². The fourth-order valence-corrected chi connectivity index (χ4v) is 6.08. The van der Waals surface area contributed by atoms with Gasteiger partial charge in [0.05, 0.1) is 12.1 Å². The Morgan fingerprint density at radius 3 is 2.58 bits per heavy atom. The monoisotopic (exact) mass is 489 g/mol. The van der Waals surface area contributed by atoms with Crippen LogP contribution in [0.5, 0.6) is 0 Å². The second kappa shape index (κ2) is 10.6. The van der Waals surface area contributed by atoms with Gasteiger partial charge in [-0.05, 0) is 73.4 Å². The largest absolute Gasteiger partial charge is 0.369 e. The molecule has 2 N–H and O–H groups in total. The first-order valence-electron chi connectivity index (χ1n) is 13.2. The summed E-state index contributed by atoms with van der Waals surface area (Å²) in [7, 11) is 2.14. The van der Waals surface area contributed by atoms with Crippen molar-refractivity contribution in [1.29, 1.82) is 5.26 Å². The van der Waals surface area contributed by atoms with Crippen LogP contribution in [0, 0.1) is 17.2 Å². The first-order valence-corrected chi connectivity index (χ1v) is 13.2. The Morgan fingerprint density at radius 2 is 1.97 bits per heavy atom. The number of likely N-dealkylation sites (N-methyl/N-ethyl adjacent to an activating group) is 1. The van der Waals surface area contributed by atoms with Crippen LogP contribution >= 0.6 is 0 Å². The fourth-order valence-electron chi connectivity index (χ4n) is 6.08. The summed E-state index contributed by atoms with van der Waals surface area (Å²) in [5, 5.41) is 15.8. The summed E-state index contributed by atoms with van der Waals surface area (Å²) >= 11 is 0. The van der Waals surface area contributed by atoms with Gasteiger partial charge in [0.1, 0.15) is 11.9 Å². The molecule has 0 radical (unpaired) electrons. The molecule has 4 atom stereocenters. The summed E-state index contributed by atoms with van der Waals surface area (Å²) in [5.41, 5.74) is 4.69. The van der Waals surface area contributed by atoms with Crippen molar-refractivity contribution in [3.63, 3.8) is 0 Å². The molecule has 5 rings (SSSR count). The first-order chi connectivity index (χ1) is 17.4. The van der Waals surface area contributed by atoms with Crippen molar-refractivity contribution in [1.82, 2.24) is 20.4 Å². The summed E-state index contributed by atoms with van der Waals surface area (Å²) in [6.07, 6.45) is 6.30. The second-order valence-electron chi connectivity index (χ2n) is 10.7. The lowest BCUT2D eigenvalue weighted by atomic mass is 9.89. The number of carbonyl (C=O) groups excluding carboxylic acids is 1. The molecule has 2 bridgehead atoms. The van der Waals surface area contributed by atoms with E-state index in [0.717, 1.165) is 67.8 Å². The van der Waals surface area contributed by atoms with Crippen LogP contribution in [-0.4, -0.2) is 67.1 Å². The topological polar surface area (TPSA) is 71.4 Å². The number of hydrogen-bond donors (Lipinski definition) is 2. The Bertz CT molecular complexity index is 1110. The minimum Gasteiger partial charge on any atom is -0.369 e. The number of nitrogens with zero attached hydrogens (tertiary/aromatic N) is 3. The number of hydrogen-bond acceptors (Lipinski definition) is 5. The molecule has 190 valence electrons. The molecule has 6 nitrogen and oxygen atoms in total. The van der Waals surface area contributed by atoms with Crippen LogP contribution in [0.15, 0.2) is 48.3 Å². The molecule has 1 aromatic carbocycles. The number of piperidine rings is 1. The molecule has 4 unspecified atom stereocenters. The zero-order chi connectivity index (χ0) is 25.2. The van der Waals surface area contributed by atoms with Gasteiger partial charge in [-0.25, -0.2) is 4.39 Å². The number of allylic oxidation sites excluding steroid dienone is 3. The van der Waals surface area contributed by atoms with Crippen LogP contribution in [0.1, 0.15) is 49.7 Å². The van der Waals surface area contributed by atoms with Crippen molar-refractivity contribution in [3.8, 4) is 6.07 Å². The van der Waals surface area contributed by atoms with Gasteiger partial charge in [0.25, 0.3) is 0 Å². The van der Waals surface area contributed by atoms with Crippen LogP contribution in [0.2, 0.25) is 0 Å². The summed E-state index contributed by atoms with van der Waals surface area (Å²) in [5.74, 6) is -0.0506. The lowest BCUT2D eigenvalue weighted by molar-refractivity contribution is -0.124. The number of carbonyl (C=O) groups is 1. The van der Waals surface area contributed by atoms with Gasteiger partial charge >= 0.3 is 0 Å². The molecule has 2 saturated heterocycles. The average Bonchev–Trinajstić information content (AvgIpc) is 3.53. The quantitative estimate of drug-likeness (QED) is 0.609. The summed E-state index contributed by atoms with van der Waals surface area (Å²) < 4.78 is 15.1. The van der Waals surface area contributed by atoms with Gasteiger partial charge in [-0.2, -0.15) is 5.26 Å². The number of fused-ring (bicyclic) bond motifs is 2. The molecule has 2 aliphatic carbocycles. The average molecular weight is 490 g/mol. The van der Waals surface area contributed by atoms with Gasteiger partial charge < -0.3 is 20.4 Å². The second-order valence-corrected chi connectivity index (χ2v) is 10.7. The molecular formula is C29H36FN5O. The maximum atomic E-state index is 15.1.